The van der Waals surface area contributed by atoms with E-state index in [0.29, 0.717) is 22.7 Å². The fourth-order valence-electron chi connectivity index (χ4n) is 2.37. The van der Waals surface area contributed by atoms with Gasteiger partial charge in [0.05, 0.1) is 11.6 Å². The van der Waals surface area contributed by atoms with Gasteiger partial charge in [0.25, 0.3) is 0 Å². The molecular formula is C20H13BrFNO. The number of hydrogen-bond acceptors (Lipinski definition) is 2. The van der Waals surface area contributed by atoms with E-state index in [1.165, 1.54) is 12.1 Å². The molecule has 0 bridgehead atoms. The Morgan fingerprint density at radius 2 is 2.00 bits per heavy atom. The largest absolute Gasteiger partial charge is 0.457 e. The molecule has 0 N–H and O–H groups in total. The first-order valence-electron chi connectivity index (χ1n) is 7.31. The topological polar surface area (TPSA) is 36.9 Å². The van der Waals surface area contributed by atoms with Crippen molar-refractivity contribution in [1.29, 1.82) is 5.26 Å². The Balaban J connectivity index is 1.96. The maximum Gasteiger partial charge on any atom is 0.135 e. The molecule has 0 spiro atoms. The molecule has 3 aromatic rings. The number of nitriles is 1. The second kappa shape index (κ2) is 6.86. The highest BCUT2D eigenvalue weighted by atomic mass is 79.9. The van der Waals surface area contributed by atoms with Crippen molar-refractivity contribution in [3.05, 3.63) is 81.8 Å². The minimum Gasteiger partial charge on any atom is -0.457 e. The molecular weight excluding hydrogens is 369 g/mol. The molecule has 118 valence electrons. The highest BCUT2D eigenvalue weighted by Crippen LogP contribution is 2.31. The first-order chi connectivity index (χ1) is 11.6. The predicted octanol–water partition coefficient (Wildman–Crippen LogP) is 6.22. The second-order valence-corrected chi connectivity index (χ2v) is 6.22. The number of allylic oxidation sites excluding steroid dienone is 1. The molecule has 0 unspecified atom stereocenters. The molecule has 1 aromatic heterocycles. The SMILES string of the molecule is Cc1ccc(-c2ccc(/C=C(\C#N)c3cccc(F)c3)o2)c(Br)c1. The molecule has 0 fully saturated rings. The van der Waals surface area contributed by atoms with Crippen LogP contribution < -0.4 is 0 Å². The number of rotatable bonds is 3. The number of furan rings is 1. The van der Waals surface area contributed by atoms with Crippen LogP contribution in [0.1, 0.15) is 16.9 Å². The molecule has 0 aliphatic heterocycles. The van der Waals surface area contributed by atoms with Crippen molar-refractivity contribution >= 4 is 27.6 Å². The predicted molar refractivity (Wildman–Crippen MR) is 96.5 cm³/mol. The number of halogens is 2. The quantitative estimate of drug-likeness (QED) is 0.504. The number of hydrogen-bond donors (Lipinski definition) is 0. The van der Waals surface area contributed by atoms with Crippen LogP contribution in [0.3, 0.4) is 0 Å². The molecule has 4 heteroatoms. The third kappa shape index (κ3) is 3.47. The smallest absolute Gasteiger partial charge is 0.135 e. The van der Waals surface area contributed by atoms with E-state index in [1.807, 2.05) is 31.2 Å². The zero-order valence-electron chi connectivity index (χ0n) is 12.9. The molecule has 3 rings (SSSR count). The summed E-state index contributed by atoms with van der Waals surface area (Å²) in [6.45, 7) is 2.02. The molecule has 2 aromatic carbocycles. The monoisotopic (exact) mass is 381 g/mol. The molecule has 0 aliphatic rings. The van der Waals surface area contributed by atoms with Gasteiger partial charge in [-0.25, -0.2) is 4.39 Å². The lowest BCUT2D eigenvalue weighted by molar-refractivity contribution is 0.571. The van der Waals surface area contributed by atoms with Crippen LogP contribution in [0.5, 0.6) is 0 Å². The lowest BCUT2D eigenvalue weighted by Gasteiger charge is -2.02. The molecule has 1 heterocycles. The van der Waals surface area contributed by atoms with Gasteiger partial charge in [-0.1, -0.05) is 34.1 Å². The van der Waals surface area contributed by atoms with Gasteiger partial charge in [-0.15, -0.1) is 0 Å². The Bertz CT molecular complexity index is 966. The Hall–Kier alpha value is -2.64. The molecule has 24 heavy (non-hydrogen) atoms. The van der Waals surface area contributed by atoms with Gasteiger partial charge < -0.3 is 4.42 Å². The summed E-state index contributed by atoms with van der Waals surface area (Å²) in [6.07, 6.45) is 1.61. The maximum atomic E-state index is 13.3. The molecule has 2 nitrogen and oxygen atoms in total. The summed E-state index contributed by atoms with van der Waals surface area (Å²) >= 11 is 3.53. The fraction of sp³-hybridized carbons (Fsp3) is 0.0500. The van der Waals surface area contributed by atoms with E-state index >= 15 is 0 Å². The average Bonchev–Trinajstić information content (AvgIpc) is 3.01. The van der Waals surface area contributed by atoms with E-state index in [1.54, 1.807) is 24.3 Å². The highest BCUT2D eigenvalue weighted by molar-refractivity contribution is 9.10. The molecule has 0 saturated carbocycles. The summed E-state index contributed by atoms with van der Waals surface area (Å²) in [5.74, 6) is 0.861. The van der Waals surface area contributed by atoms with Crippen molar-refractivity contribution in [2.75, 3.05) is 0 Å². The normalized spacial score (nSPS) is 11.3. The van der Waals surface area contributed by atoms with Gasteiger partial charge in [0.1, 0.15) is 17.3 Å². The van der Waals surface area contributed by atoms with Crippen LogP contribution in [0.15, 0.2) is 63.5 Å². The van der Waals surface area contributed by atoms with Crippen molar-refractivity contribution < 1.29 is 8.81 Å². The summed E-state index contributed by atoms with van der Waals surface area (Å²) in [6, 6.07) is 17.7. The van der Waals surface area contributed by atoms with Gasteiger partial charge in [0.15, 0.2) is 0 Å². The molecule has 0 aliphatic carbocycles. The van der Waals surface area contributed by atoms with Crippen molar-refractivity contribution in [2.45, 2.75) is 6.92 Å². The summed E-state index contributed by atoms with van der Waals surface area (Å²) < 4.78 is 20.1. The van der Waals surface area contributed by atoms with E-state index in [9.17, 15) is 9.65 Å². The third-order valence-electron chi connectivity index (χ3n) is 3.56. The summed E-state index contributed by atoms with van der Waals surface area (Å²) in [5.41, 5.74) is 2.95. The van der Waals surface area contributed by atoms with Crippen LogP contribution in [0.25, 0.3) is 23.0 Å². The minimum absolute atomic E-state index is 0.346. The van der Waals surface area contributed by atoms with Crippen molar-refractivity contribution in [2.24, 2.45) is 0 Å². The first-order valence-corrected chi connectivity index (χ1v) is 8.10. The standard InChI is InChI=1S/C20H13BrFNO/c1-13-5-7-18(19(21)9-13)20-8-6-17(24-20)11-15(12-23)14-3-2-4-16(22)10-14/h2-11H,1H3/b15-11+. The van der Waals surface area contributed by atoms with Gasteiger partial charge in [0.2, 0.25) is 0 Å². The lowest BCUT2D eigenvalue weighted by atomic mass is 10.1. The van der Waals surface area contributed by atoms with Crippen LogP contribution >= 0.6 is 15.9 Å². The summed E-state index contributed by atoms with van der Waals surface area (Å²) in [4.78, 5) is 0. The summed E-state index contributed by atoms with van der Waals surface area (Å²) in [5, 5.41) is 9.34. The second-order valence-electron chi connectivity index (χ2n) is 5.37. The van der Waals surface area contributed by atoms with E-state index in [4.69, 9.17) is 4.42 Å². The first kappa shape index (κ1) is 16.2. The van der Waals surface area contributed by atoms with Gasteiger partial charge in [-0.2, -0.15) is 5.26 Å². The Morgan fingerprint density at radius 1 is 1.17 bits per heavy atom. The zero-order valence-corrected chi connectivity index (χ0v) is 14.5. The average molecular weight is 382 g/mol. The van der Waals surface area contributed by atoms with Crippen LogP contribution in [0.4, 0.5) is 4.39 Å². The number of benzene rings is 2. The Labute approximate surface area is 148 Å². The third-order valence-corrected chi connectivity index (χ3v) is 4.22. The van der Waals surface area contributed by atoms with Gasteiger partial charge >= 0.3 is 0 Å². The van der Waals surface area contributed by atoms with Gasteiger partial charge in [-0.3, -0.25) is 0 Å². The van der Waals surface area contributed by atoms with Crippen molar-refractivity contribution in [3.63, 3.8) is 0 Å². The highest BCUT2D eigenvalue weighted by Gasteiger charge is 2.09. The number of aryl methyl sites for hydroxylation is 1. The lowest BCUT2D eigenvalue weighted by Crippen LogP contribution is -1.83. The number of nitrogens with zero attached hydrogens (tertiary/aromatic N) is 1. The zero-order chi connectivity index (χ0) is 17.1. The summed E-state index contributed by atoms with van der Waals surface area (Å²) in [7, 11) is 0. The maximum absolute atomic E-state index is 13.3. The van der Waals surface area contributed by atoms with E-state index in [0.717, 1.165) is 15.6 Å². The van der Waals surface area contributed by atoms with E-state index < -0.39 is 0 Å². The van der Waals surface area contributed by atoms with E-state index in [2.05, 4.69) is 22.0 Å². The van der Waals surface area contributed by atoms with Crippen LogP contribution in [-0.4, -0.2) is 0 Å². The minimum atomic E-state index is -0.377. The van der Waals surface area contributed by atoms with Crippen LogP contribution in [0.2, 0.25) is 0 Å². The van der Waals surface area contributed by atoms with Crippen molar-refractivity contribution in [3.8, 4) is 17.4 Å². The fourth-order valence-corrected chi connectivity index (χ4v) is 3.06. The molecule has 0 radical (unpaired) electrons. The van der Waals surface area contributed by atoms with Crippen molar-refractivity contribution in [1.82, 2.24) is 0 Å². The Kier molecular flexibility index (Phi) is 4.64. The molecule has 0 atom stereocenters. The van der Waals surface area contributed by atoms with Gasteiger partial charge in [-0.05, 0) is 60.5 Å². The van der Waals surface area contributed by atoms with Crippen LogP contribution in [0, 0.1) is 24.1 Å². The Morgan fingerprint density at radius 3 is 2.71 bits per heavy atom. The van der Waals surface area contributed by atoms with Gasteiger partial charge in [0, 0.05) is 10.0 Å². The molecule has 0 saturated heterocycles. The van der Waals surface area contributed by atoms with E-state index in [-0.39, 0.29) is 5.82 Å². The van der Waals surface area contributed by atoms with Crippen LogP contribution in [-0.2, 0) is 0 Å². The molecule has 0 amide bonds.